The van der Waals surface area contributed by atoms with Gasteiger partial charge in [0.25, 0.3) is 5.91 Å². The molecule has 1 heterocycles. The van der Waals surface area contributed by atoms with E-state index in [9.17, 15) is 14.4 Å². The second kappa shape index (κ2) is 6.29. The van der Waals surface area contributed by atoms with E-state index in [-0.39, 0.29) is 36.6 Å². The highest BCUT2D eigenvalue weighted by Crippen LogP contribution is 2.29. The molecule has 7 heteroatoms. The predicted octanol–water partition coefficient (Wildman–Crippen LogP) is 1.34. The molecule has 1 aliphatic rings. The van der Waals surface area contributed by atoms with E-state index in [0.29, 0.717) is 4.88 Å². The summed E-state index contributed by atoms with van der Waals surface area (Å²) in [6, 6.07) is 3.45. The van der Waals surface area contributed by atoms with E-state index in [4.69, 9.17) is 0 Å². The monoisotopic (exact) mass is 344 g/mol. The smallest absolute Gasteiger partial charge is 0.261 e. The molecule has 0 aliphatic heterocycles. The molecule has 0 radical (unpaired) electrons. The third-order valence-corrected chi connectivity index (χ3v) is 4.32. The fourth-order valence-electron chi connectivity index (χ4n) is 1.48. The van der Waals surface area contributed by atoms with Crippen LogP contribution in [0.2, 0.25) is 0 Å². The number of Topliss-reactive ketones (excluding diaryl/α,β-unsaturated/α-hetero) is 1. The van der Waals surface area contributed by atoms with Crippen molar-refractivity contribution in [2.75, 3.05) is 13.1 Å². The number of nitrogens with one attached hydrogen (secondary N) is 2. The highest BCUT2D eigenvalue weighted by molar-refractivity contribution is 9.11. The van der Waals surface area contributed by atoms with E-state index < -0.39 is 0 Å². The fourth-order valence-corrected chi connectivity index (χ4v) is 2.78. The first kappa shape index (κ1) is 14.2. The van der Waals surface area contributed by atoms with E-state index in [0.717, 1.165) is 16.6 Å². The number of hydrogen-bond acceptors (Lipinski definition) is 4. The van der Waals surface area contributed by atoms with Gasteiger partial charge in [0, 0.05) is 5.92 Å². The lowest BCUT2D eigenvalue weighted by atomic mass is 10.2. The average molecular weight is 345 g/mol. The summed E-state index contributed by atoms with van der Waals surface area (Å²) in [6.45, 7) is -0.0593. The summed E-state index contributed by atoms with van der Waals surface area (Å²) in [4.78, 5) is 35.0. The second-order valence-electron chi connectivity index (χ2n) is 4.30. The van der Waals surface area contributed by atoms with Crippen LogP contribution in [0.3, 0.4) is 0 Å². The number of amides is 2. The lowest BCUT2D eigenvalue weighted by molar-refractivity contribution is -0.125. The molecule has 2 rings (SSSR count). The standard InChI is InChI=1S/C12H13BrN2O3S/c13-10-4-3-9(19-10)12(18)15-6-11(17)14-5-8(16)7-1-2-7/h3-4,7H,1-2,5-6H2,(H,14,17)(H,15,18). The first-order valence-corrected chi connectivity index (χ1v) is 7.50. The number of rotatable bonds is 6. The van der Waals surface area contributed by atoms with E-state index in [1.54, 1.807) is 12.1 Å². The van der Waals surface area contributed by atoms with Crippen LogP contribution >= 0.6 is 27.3 Å². The van der Waals surface area contributed by atoms with Crippen molar-refractivity contribution < 1.29 is 14.4 Å². The summed E-state index contributed by atoms with van der Waals surface area (Å²) in [6.07, 6.45) is 1.86. The lowest BCUT2D eigenvalue weighted by Gasteiger charge is -2.05. The summed E-state index contributed by atoms with van der Waals surface area (Å²) < 4.78 is 0.858. The van der Waals surface area contributed by atoms with E-state index in [1.165, 1.54) is 11.3 Å². The Morgan fingerprint density at radius 3 is 2.53 bits per heavy atom. The van der Waals surface area contributed by atoms with Gasteiger partial charge in [-0.05, 0) is 40.9 Å². The van der Waals surface area contributed by atoms with Crippen LogP contribution in [0.4, 0.5) is 0 Å². The molecule has 0 spiro atoms. The van der Waals surface area contributed by atoms with Crippen LogP contribution in [0.25, 0.3) is 0 Å². The first-order chi connectivity index (χ1) is 9.06. The Kier molecular flexibility index (Phi) is 4.71. The van der Waals surface area contributed by atoms with Gasteiger partial charge < -0.3 is 10.6 Å². The fraction of sp³-hybridized carbons (Fsp3) is 0.417. The van der Waals surface area contributed by atoms with Crippen LogP contribution in [0, 0.1) is 5.92 Å². The van der Waals surface area contributed by atoms with Crippen molar-refractivity contribution in [2.24, 2.45) is 5.92 Å². The largest absolute Gasteiger partial charge is 0.347 e. The number of thiophene rings is 1. The van der Waals surface area contributed by atoms with Crippen molar-refractivity contribution in [3.05, 3.63) is 20.8 Å². The van der Waals surface area contributed by atoms with E-state index in [1.807, 2.05) is 0 Å². The lowest BCUT2D eigenvalue weighted by Crippen LogP contribution is -2.39. The molecule has 0 saturated heterocycles. The van der Waals surface area contributed by atoms with Crippen molar-refractivity contribution in [2.45, 2.75) is 12.8 Å². The molecule has 0 atom stereocenters. The molecule has 1 saturated carbocycles. The summed E-state index contributed by atoms with van der Waals surface area (Å²) in [5.41, 5.74) is 0. The predicted molar refractivity (Wildman–Crippen MR) is 75.1 cm³/mol. The molecule has 1 aromatic heterocycles. The van der Waals surface area contributed by atoms with Gasteiger partial charge in [-0.1, -0.05) is 0 Å². The van der Waals surface area contributed by atoms with Crippen LogP contribution in [-0.4, -0.2) is 30.7 Å². The van der Waals surface area contributed by atoms with Crippen LogP contribution < -0.4 is 10.6 Å². The third kappa shape index (κ3) is 4.43. The zero-order valence-corrected chi connectivity index (χ0v) is 12.5. The number of ketones is 1. The second-order valence-corrected chi connectivity index (χ2v) is 6.77. The van der Waals surface area contributed by atoms with Gasteiger partial charge in [0.2, 0.25) is 5.91 Å². The van der Waals surface area contributed by atoms with Gasteiger partial charge in [0.05, 0.1) is 21.8 Å². The minimum atomic E-state index is -0.349. The first-order valence-electron chi connectivity index (χ1n) is 5.89. The van der Waals surface area contributed by atoms with Crippen molar-refractivity contribution >= 4 is 44.9 Å². The van der Waals surface area contributed by atoms with E-state index >= 15 is 0 Å². The molecule has 1 aromatic rings. The van der Waals surface area contributed by atoms with Gasteiger partial charge in [0.15, 0.2) is 5.78 Å². The SMILES string of the molecule is O=C(CNC(=O)c1ccc(Br)s1)NCC(=O)C1CC1. The molecule has 0 bridgehead atoms. The number of carbonyl (C=O) groups is 3. The van der Waals surface area contributed by atoms with Gasteiger partial charge in [-0.15, -0.1) is 11.3 Å². The highest BCUT2D eigenvalue weighted by atomic mass is 79.9. The maximum atomic E-state index is 11.7. The summed E-state index contributed by atoms with van der Waals surface area (Å²) in [5.74, 6) is -0.433. The molecule has 19 heavy (non-hydrogen) atoms. The van der Waals surface area contributed by atoms with Gasteiger partial charge >= 0.3 is 0 Å². The molecule has 1 aliphatic carbocycles. The minimum absolute atomic E-state index is 0.0594. The van der Waals surface area contributed by atoms with Gasteiger partial charge in [-0.25, -0.2) is 0 Å². The van der Waals surface area contributed by atoms with Crippen LogP contribution in [0.5, 0.6) is 0 Å². The Morgan fingerprint density at radius 1 is 1.21 bits per heavy atom. The number of halogens is 1. The summed E-state index contributed by atoms with van der Waals surface area (Å²) >= 11 is 4.56. The summed E-state index contributed by atoms with van der Waals surface area (Å²) in [5, 5.41) is 5.01. The molecular weight excluding hydrogens is 332 g/mol. The molecule has 102 valence electrons. The number of carbonyl (C=O) groups excluding carboxylic acids is 3. The molecule has 0 aromatic carbocycles. The molecule has 5 nitrogen and oxygen atoms in total. The minimum Gasteiger partial charge on any atom is -0.347 e. The third-order valence-electron chi connectivity index (χ3n) is 2.70. The van der Waals surface area contributed by atoms with Gasteiger partial charge in [-0.2, -0.15) is 0 Å². The van der Waals surface area contributed by atoms with Gasteiger partial charge in [0.1, 0.15) is 0 Å². The Morgan fingerprint density at radius 2 is 1.95 bits per heavy atom. The highest BCUT2D eigenvalue weighted by Gasteiger charge is 2.29. The zero-order chi connectivity index (χ0) is 13.8. The maximum absolute atomic E-state index is 11.7. The average Bonchev–Trinajstić information content (AvgIpc) is 3.15. The van der Waals surface area contributed by atoms with Crippen molar-refractivity contribution in [3.8, 4) is 0 Å². The van der Waals surface area contributed by atoms with Crippen molar-refractivity contribution in [1.82, 2.24) is 10.6 Å². The molecule has 0 unspecified atom stereocenters. The Hall–Kier alpha value is -1.21. The van der Waals surface area contributed by atoms with Crippen molar-refractivity contribution in [1.29, 1.82) is 0 Å². The van der Waals surface area contributed by atoms with E-state index in [2.05, 4.69) is 26.6 Å². The van der Waals surface area contributed by atoms with Gasteiger partial charge in [-0.3, -0.25) is 14.4 Å². The summed E-state index contributed by atoms with van der Waals surface area (Å²) in [7, 11) is 0. The van der Waals surface area contributed by atoms with Crippen LogP contribution in [0.15, 0.2) is 15.9 Å². The normalized spacial score (nSPS) is 13.9. The maximum Gasteiger partial charge on any atom is 0.261 e. The topological polar surface area (TPSA) is 75.3 Å². The molecule has 1 fully saturated rings. The zero-order valence-electron chi connectivity index (χ0n) is 10.1. The Labute approximate surface area is 122 Å². The Balaban J connectivity index is 1.68. The van der Waals surface area contributed by atoms with Crippen LogP contribution in [-0.2, 0) is 9.59 Å². The molecule has 2 N–H and O–H groups in total. The quantitative estimate of drug-likeness (QED) is 0.817. The molecular formula is C12H13BrN2O3S. The number of hydrogen-bond donors (Lipinski definition) is 2. The Bertz CT molecular complexity index is 511. The molecule has 2 amide bonds. The van der Waals surface area contributed by atoms with Crippen LogP contribution in [0.1, 0.15) is 22.5 Å². The van der Waals surface area contributed by atoms with Crippen molar-refractivity contribution in [3.63, 3.8) is 0 Å².